The molecule has 1 fully saturated rings. The zero-order valence-electron chi connectivity index (χ0n) is 12.8. The maximum atomic E-state index is 13.3. The van der Waals surface area contributed by atoms with Crippen molar-refractivity contribution in [2.45, 2.75) is 13.3 Å². The van der Waals surface area contributed by atoms with Gasteiger partial charge in [-0.05, 0) is 31.5 Å². The summed E-state index contributed by atoms with van der Waals surface area (Å²) in [4.78, 5) is 24.0. The third kappa shape index (κ3) is 3.12. The third-order valence-electron chi connectivity index (χ3n) is 4.01. The highest BCUT2D eigenvalue weighted by molar-refractivity contribution is 7.91. The van der Waals surface area contributed by atoms with E-state index in [2.05, 4.69) is 10.9 Å². The van der Waals surface area contributed by atoms with Gasteiger partial charge < -0.3 is 4.42 Å². The van der Waals surface area contributed by atoms with Crippen LogP contribution in [0.4, 0.5) is 4.39 Å². The van der Waals surface area contributed by atoms with Crippen molar-refractivity contribution in [2.24, 2.45) is 5.92 Å². The van der Waals surface area contributed by atoms with Crippen LogP contribution in [0.5, 0.6) is 0 Å². The van der Waals surface area contributed by atoms with Crippen molar-refractivity contribution in [3.05, 3.63) is 35.3 Å². The van der Waals surface area contributed by atoms with E-state index in [1.165, 1.54) is 18.2 Å². The fourth-order valence-corrected chi connectivity index (χ4v) is 4.43. The fourth-order valence-electron chi connectivity index (χ4n) is 2.69. The number of aryl methyl sites for hydroxylation is 1. The first-order valence-corrected chi connectivity index (χ1v) is 9.08. The van der Waals surface area contributed by atoms with Gasteiger partial charge in [0.05, 0.1) is 17.4 Å². The van der Waals surface area contributed by atoms with Crippen LogP contribution in [0.3, 0.4) is 0 Å². The van der Waals surface area contributed by atoms with E-state index in [0.717, 1.165) is 0 Å². The van der Waals surface area contributed by atoms with Crippen LogP contribution >= 0.6 is 0 Å². The third-order valence-corrected chi connectivity index (χ3v) is 5.77. The van der Waals surface area contributed by atoms with Gasteiger partial charge in [-0.1, -0.05) is 0 Å². The number of furan rings is 1. The number of carbonyl (C=O) groups excluding carboxylic acids is 2. The minimum atomic E-state index is -3.19. The number of fused-ring (bicyclic) bond motifs is 1. The van der Waals surface area contributed by atoms with Crippen molar-refractivity contribution in [2.75, 3.05) is 11.5 Å². The normalized spacial score (nSPS) is 19.3. The van der Waals surface area contributed by atoms with Crippen LogP contribution in [0, 0.1) is 18.7 Å². The van der Waals surface area contributed by atoms with Gasteiger partial charge in [-0.15, -0.1) is 0 Å². The van der Waals surface area contributed by atoms with Crippen molar-refractivity contribution in [1.29, 1.82) is 0 Å². The summed E-state index contributed by atoms with van der Waals surface area (Å²) in [7, 11) is -3.19. The Morgan fingerprint density at radius 1 is 1.29 bits per heavy atom. The number of hydrogen-bond donors (Lipinski definition) is 2. The Morgan fingerprint density at radius 2 is 2.04 bits per heavy atom. The summed E-state index contributed by atoms with van der Waals surface area (Å²) < 4.78 is 41.4. The van der Waals surface area contributed by atoms with Crippen molar-refractivity contribution in [3.63, 3.8) is 0 Å². The van der Waals surface area contributed by atoms with Crippen molar-refractivity contribution in [3.8, 4) is 0 Å². The van der Waals surface area contributed by atoms with Crippen LogP contribution in [0.1, 0.15) is 22.5 Å². The number of amides is 2. The van der Waals surface area contributed by atoms with E-state index < -0.39 is 33.4 Å². The molecule has 128 valence electrons. The van der Waals surface area contributed by atoms with E-state index in [-0.39, 0.29) is 23.7 Å². The van der Waals surface area contributed by atoms with Crippen LogP contribution in [0.15, 0.2) is 22.6 Å². The predicted octanol–water partition coefficient (Wildman–Crippen LogP) is 1.08. The van der Waals surface area contributed by atoms with Crippen LogP contribution < -0.4 is 10.9 Å². The van der Waals surface area contributed by atoms with E-state index in [4.69, 9.17) is 4.42 Å². The highest BCUT2D eigenvalue weighted by atomic mass is 32.2. The quantitative estimate of drug-likeness (QED) is 0.785. The smallest absolute Gasteiger partial charge is 0.305 e. The summed E-state index contributed by atoms with van der Waals surface area (Å²) in [6.45, 7) is 1.60. The average Bonchev–Trinajstić information content (AvgIpc) is 3.05. The highest BCUT2D eigenvalue weighted by Crippen LogP contribution is 2.25. The molecule has 2 aromatic rings. The summed E-state index contributed by atoms with van der Waals surface area (Å²) in [6.07, 6.45) is 0.229. The molecule has 1 saturated heterocycles. The number of hydrogen-bond acceptors (Lipinski definition) is 5. The van der Waals surface area contributed by atoms with Crippen molar-refractivity contribution >= 4 is 32.6 Å². The molecule has 9 heteroatoms. The molecule has 1 aliphatic rings. The summed E-state index contributed by atoms with van der Waals surface area (Å²) in [5.74, 6) is -2.70. The number of carbonyl (C=O) groups is 2. The number of nitrogens with one attached hydrogen (secondary N) is 2. The predicted molar refractivity (Wildman–Crippen MR) is 83.3 cm³/mol. The first kappa shape index (κ1) is 16.4. The maximum absolute atomic E-state index is 13.3. The molecule has 1 atom stereocenters. The van der Waals surface area contributed by atoms with Gasteiger partial charge in [0.2, 0.25) is 5.91 Å². The molecule has 1 aliphatic heterocycles. The van der Waals surface area contributed by atoms with Gasteiger partial charge in [0.25, 0.3) is 0 Å². The highest BCUT2D eigenvalue weighted by Gasteiger charge is 2.33. The molecule has 0 radical (unpaired) electrons. The Bertz CT molecular complexity index is 935. The first-order chi connectivity index (χ1) is 11.3. The van der Waals surface area contributed by atoms with E-state index in [1.54, 1.807) is 6.92 Å². The molecule has 1 aromatic heterocycles. The second-order valence-electron chi connectivity index (χ2n) is 5.74. The molecule has 0 unspecified atom stereocenters. The molecule has 0 aliphatic carbocycles. The number of rotatable bonds is 2. The summed E-state index contributed by atoms with van der Waals surface area (Å²) in [5.41, 5.74) is 5.20. The number of benzene rings is 1. The lowest BCUT2D eigenvalue weighted by Crippen LogP contribution is -2.44. The van der Waals surface area contributed by atoms with Crippen molar-refractivity contribution in [1.82, 2.24) is 10.9 Å². The summed E-state index contributed by atoms with van der Waals surface area (Å²) in [5, 5.41) is 0.466. The van der Waals surface area contributed by atoms with Crippen LogP contribution in [-0.2, 0) is 14.6 Å². The monoisotopic (exact) mass is 354 g/mol. The molecule has 1 aromatic carbocycles. The molecule has 24 heavy (non-hydrogen) atoms. The Hall–Kier alpha value is -2.42. The van der Waals surface area contributed by atoms with E-state index >= 15 is 0 Å². The summed E-state index contributed by atoms with van der Waals surface area (Å²) >= 11 is 0. The minimum Gasteiger partial charge on any atom is -0.451 e. The Balaban J connectivity index is 1.69. The second-order valence-corrected chi connectivity index (χ2v) is 7.97. The van der Waals surface area contributed by atoms with E-state index in [9.17, 15) is 22.4 Å². The van der Waals surface area contributed by atoms with Gasteiger partial charge in [0, 0.05) is 10.9 Å². The lowest BCUT2D eigenvalue weighted by atomic mass is 10.1. The topological polar surface area (TPSA) is 105 Å². The molecule has 2 heterocycles. The van der Waals surface area contributed by atoms with E-state index in [1.807, 2.05) is 0 Å². The molecule has 0 bridgehead atoms. The first-order valence-electron chi connectivity index (χ1n) is 7.26. The number of halogens is 1. The lowest BCUT2D eigenvalue weighted by molar-refractivity contribution is -0.125. The lowest BCUT2D eigenvalue weighted by Gasteiger charge is -2.09. The molecule has 0 spiro atoms. The molecule has 3 rings (SSSR count). The van der Waals surface area contributed by atoms with Crippen LogP contribution in [0.2, 0.25) is 0 Å². The van der Waals surface area contributed by atoms with Crippen LogP contribution in [-0.4, -0.2) is 31.7 Å². The van der Waals surface area contributed by atoms with Gasteiger partial charge in [0.15, 0.2) is 15.6 Å². The zero-order chi connectivity index (χ0) is 17.5. The zero-order valence-corrected chi connectivity index (χ0v) is 13.6. The average molecular weight is 354 g/mol. The fraction of sp³-hybridized carbons (Fsp3) is 0.333. The van der Waals surface area contributed by atoms with Gasteiger partial charge >= 0.3 is 5.91 Å². The summed E-state index contributed by atoms with van der Waals surface area (Å²) in [6, 6.07) is 3.89. The van der Waals surface area contributed by atoms with Gasteiger partial charge in [-0.3, -0.25) is 20.4 Å². The maximum Gasteiger partial charge on any atom is 0.305 e. The SMILES string of the molecule is Cc1c(C(=O)NNC(=O)[C@@H]2CCS(=O)(=O)C2)oc2ccc(F)cc12. The number of sulfone groups is 1. The van der Waals surface area contributed by atoms with E-state index in [0.29, 0.717) is 16.5 Å². The van der Waals surface area contributed by atoms with Gasteiger partial charge in [0.1, 0.15) is 11.4 Å². The largest absolute Gasteiger partial charge is 0.451 e. The Morgan fingerprint density at radius 3 is 2.71 bits per heavy atom. The standard InChI is InChI=1S/C15H15FN2O5S/c1-8-11-6-10(16)2-3-12(11)23-13(8)15(20)18-17-14(19)9-4-5-24(21,22)7-9/h2-3,6,9H,4-5,7H2,1H3,(H,17,19)(H,18,20)/t9-/m1/s1. The molecular weight excluding hydrogens is 339 g/mol. The van der Waals surface area contributed by atoms with Gasteiger partial charge in [-0.2, -0.15) is 0 Å². The molecule has 0 saturated carbocycles. The number of hydrazine groups is 1. The Labute approximate surface area is 137 Å². The Kier molecular flexibility index (Phi) is 4.04. The van der Waals surface area contributed by atoms with Gasteiger partial charge in [-0.25, -0.2) is 12.8 Å². The molecule has 2 amide bonds. The molecular formula is C15H15FN2O5S. The second kappa shape index (κ2) is 5.90. The van der Waals surface area contributed by atoms with Crippen molar-refractivity contribution < 1.29 is 26.8 Å². The van der Waals surface area contributed by atoms with Crippen LogP contribution in [0.25, 0.3) is 11.0 Å². The molecule has 7 nitrogen and oxygen atoms in total. The molecule has 2 N–H and O–H groups in total. The minimum absolute atomic E-state index is 0.0344.